The van der Waals surface area contributed by atoms with E-state index in [2.05, 4.69) is 75.6 Å². The van der Waals surface area contributed by atoms with Crippen molar-refractivity contribution in [1.29, 1.82) is 0 Å². The number of ether oxygens (including phenoxy) is 3. The average Bonchev–Trinajstić information content (AvgIpc) is 3.87. The summed E-state index contributed by atoms with van der Waals surface area (Å²) < 4.78 is 18.8. The molecule has 11 nitrogen and oxygen atoms in total. The molecule has 7 rings (SSSR count). The molecular formula is C43H57N5O6. The monoisotopic (exact) mass is 739 g/mol. The van der Waals surface area contributed by atoms with Crippen LogP contribution in [0, 0.1) is 18.8 Å². The van der Waals surface area contributed by atoms with Gasteiger partial charge in [0.25, 0.3) is 0 Å². The zero-order valence-electron chi connectivity index (χ0n) is 32.6. The molecule has 11 heteroatoms. The molecular weight excluding hydrogens is 683 g/mol. The molecule has 290 valence electrons. The number of aromatic nitrogens is 2. The number of carbonyl (C=O) groups excluding carboxylic acids is 3. The fraction of sp³-hybridized carbons (Fsp3) is 0.581. The van der Waals surface area contributed by atoms with Crippen molar-refractivity contribution < 1.29 is 28.6 Å². The molecule has 2 aromatic carbocycles. The normalized spacial score (nSPS) is 23.2. The van der Waals surface area contributed by atoms with Gasteiger partial charge in [-0.3, -0.25) is 9.48 Å². The van der Waals surface area contributed by atoms with Crippen LogP contribution in [-0.2, 0) is 14.3 Å². The van der Waals surface area contributed by atoms with E-state index in [1.54, 1.807) is 12.0 Å². The third kappa shape index (κ3) is 9.21. The molecule has 0 radical (unpaired) electrons. The predicted molar refractivity (Wildman–Crippen MR) is 208 cm³/mol. The van der Waals surface area contributed by atoms with Crippen LogP contribution in [0.1, 0.15) is 108 Å². The van der Waals surface area contributed by atoms with Crippen LogP contribution < -0.4 is 15.0 Å². The average molecular weight is 740 g/mol. The Hall–Kier alpha value is -4.54. The van der Waals surface area contributed by atoms with Crippen molar-refractivity contribution in [2.45, 2.75) is 122 Å². The van der Waals surface area contributed by atoms with Crippen LogP contribution in [0.4, 0.5) is 15.3 Å². The summed E-state index contributed by atoms with van der Waals surface area (Å²) in [6, 6.07) is 15.3. The molecule has 4 fully saturated rings. The van der Waals surface area contributed by atoms with Gasteiger partial charge >= 0.3 is 12.2 Å². The minimum atomic E-state index is -0.578. The number of anilines is 1. The third-order valence-electron chi connectivity index (χ3n) is 11.6. The number of benzene rings is 2. The second-order valence-electron chi connectivity index (χ2n) is 17.0. The molecule has 4 aliphatic rings. The number of methoxy groups -OCH3 is 1. The maximum atomic E-state index is 14.5. The first-order chi connectivity index (χ1) is 25.9. The molecule has 1 N–H and O–H groups in total. The summed E-state index contributed by atoms with van der Waals surface area (Å²) in [5, 5.41) is 7.43. The van der Waals surface area contributed by atoms with Crippen LogP contribution in [0.25, 0.3) is 11.1 Å². The van der Waals surface area contributed by atoms with E-state index < -0.39 is 11.7 Å². The van der Waals surface area contributed by atoms with E-state index in [0.29, 0.717) is 63.2 Å². The third-order valence-corrected chi connectivity index (χ3v) is 11.6. The van der Waals surface area contributed by atoms with Gasteiger partial charge in [-0.05, 0) is 139 Å². The van der Waals surface area contributed by atoms with Gasteiger partial charge in [-0.2, -0.15) is 5.10 Å². The molecule has 3 saturated carbocycles. The van der Waals surface area contributed by atoms with Crippen LogP contribution in [0.5, 0.6) is 5.75 Å². The summed E-state index contributed by atoms with van der Waals surface area (Å²) in [7, 11) is 1.72. The Morgan fingerprint density at radius 3 is 2.31 bits per heavy atom. The molecule has 0 bridgehead atoms. The lowest BCUT2D eigenvalue weighted by molar-refractivity contribution is -0.124. The number of carbonyl (C=O) groups is 3. The standard InChI is InChI=1S/C43H57N5O6/c1-28-21-33(15-20-39(28)52-5)30-11-9-29(10-12-30)24-47(37-8-6-7-32(22-37)34-23-44-48(25-34)36-16-17-36)40(49)31-13-18-38(19-14-31)53-42(51)46-26-35(27-46)45-41(50)54-43(2,3)4/h6-8,15,20-23,25,29-31,35-36,38H,9-14,16-19,24,26-27H2,1-5H3,(H,45,50). The Balaban J connectivity index is 0.971. The maximum Gasteiger partial charge on any atom is 0.410 e. The molecule has 0 unspecified atom stereocenters. The highest BCUT2D eigenvalue weighted by Crippen LogP contribution is 2.40. The van der Waals surface area contributed by atoms with Gasteiger partial charge < -0.3 is 29.3 Å². The van der Waals surface area contributed by atoms with Crippen LogP contribution in [0.15, 0.2) is 54.9 Å². The van der Waals surface area contributed by atoms with E-state index in [1.807, 2.05) is 27.0 Å². The van der Waals surface area contributed by atoms with Crippen LogP contribution in [-0.4, -0.2) is 77.3 Å². The minimum Gasteiger partial charge on any atom is -0.496 e. The molecule has 1 saturated heterocycles. The van der Waals surface area contributed by atoms with Crippen molar-refractivity contribution in [3.05, 3.63) is 66.0 Å². The molecule has 3 amide bonds. The molecule has 1 aliphatic heterocycles. The summed E-state index contributed by atoms with van der Waals surface area (Å²) in [5.41, 5.74) is 5.05. The Bertz CT molecular complexity index is 1790. The Morgan fingerprint density at radius 2 is 1.65 bits per heavy atom. The van der Waals surface area contributed by atoms with Gasteiger partial charge in [-0.15, -0.1) is 0 Å². The smallest absolute Gasteiger partial charge is 0.410 e. The van der Waals surface area contributed by atoms with Crippen LogP contribution in [0.3, 0.4) is 0 Å². The zero-order chi connectivity index (χ0) is 38.0. The van der Waals surface area contributed by atoms with Crippen molar-refractivity contribution in [3.63, 3.8) is 0 Å². The SMILES string of the molecule is COc1ccc(C2CCC(CN(C(=O)C3CCC(OC(=O)N4CC(NC(=O)OC(C)(C)C)C4)CC3)c3cccc(-c4cnn(C5CC5)c4)c3)CC2)cc1C. The highest BCUT2D eigenvalue weighted by molar-refractivity contribution is 5.95. The van der Waals surface area contributed by atoms with E-state index >= 15 is 0 Å². The number of nitrogens with one attached hydrogen (secondary N) is 1. The van der Waals surface area contributed by atoms with Gasteiger partial charge in [-0.1, -0.05) is 24.3 Å². The largest absolute Gasteiger partial charge is 0.496 e. The molecule has 54 heavy (non-hydrogen) atoms. The number of hydrogen-bond acceptors (Lipinski definition) is 7. The van der Waals surface area contributed by atoms with Gasteiger partial charge in [-0.25, -0.2) is 9.59 Å². The van der Waals surface area contributed by atoms with Crippen molar-refractivity contribution in [1.82, 2.24) is 20.0 Å². The van der Waals surface area contributed by atoms with E-state index in [9.17, 15) is 14.4 Å². The van der Waals surface area contributed by atoms with E-state index in [-0.39, 0.29) is 30.1 Å². The Labute approximate surface area is 319 Å². The van der Waals surface area contributed by atoms with Gasteiger partial charge in [0.15, 0.2) is 0 Å². The number of hydrogen-bond donors (Lipinski definition) is 1. The lowest BCUT2D eigenvalue weighted by Gasteiger charge is -2.40. The van der Waals surface area contributed by atoms with E-state index in [4.69, 9.17) is 14.2 Å². The van der Waals surface area contributed by atoms with Gasteiger partial charge in [0.2, 0.25) is 5.91 Å². The number of nitrogens with zero attached hydrogens (tertiary/aromatic N) is 4. The number of rotatable bonds is 10. The highest BCUT2D eigenvalue weighted by Gasteiger charge is 2.37. The van der Waals surface area contributed by atoms with Gasteiger partial charge in [0.05, 0.1) is 25.4 Å². The van der Waals surface area contributed by atoms with Crippen molar-refractivity contribution in [2.75, 3.05) is 31.6 Å². The van der Waals surface area contributed by atoms with Crippen LogP contribution in [0.2, 0.25) is 0 Å². The van der Waals surface area contributed by atoms with E-state index in [0.717, 1.165) is 48.2 Å². The number of amides is 3. The molecule has 0 atom stereocenters. The first-order valence-electron chi connectivity index (χ1n) is 20.0. The first kappa shape index (κ1) is 37.8. The number of aryl methyl sites for hydroxylation is 1. The lowest BCUT2D eigenvalue weighted by Crippen LogP contribution is -2.61. The predicted octanol–water partition coefficient (Wildman–Crippen LogP) is 8.41. The second-order valence-corrected chi connectivity index (χ2v) is 17.0. The van der Waals surface area contributed by atoms with E-state index in [1.165, 1.54) is 24.0 Å². The highest BCUT2D eigenvalue weighted by atomic mass is 16.6. The minimum absolute atomic E-state index is 0.133. The summed E-state index contributed by atoms with van der Waals surface area (Å²) in [6.45, 7) is 9.04. The quantitative estimate of drug-likeness (QED) is 0.222. The number of likely N-dealkylation sites (tertiary alicyclic amines) is 1. The van der Waals surface area contributed by atoms with Crippen molar-refractivity contribution in [3.8, 4) is 16.9 Å². The van der Waals surface area contributed by atoms with Crippen molar-refractivity contribution >= 4 is 23.8 Å². The van der Waals surface area contributed by atoms with Crippen LogP contribution >= 0.6 is 0 Å². The maximum absolute atomic E-state index is 14.5. The second kappa shape index (κ2) is 16.1. The summed E-state index contributed by atoms with van der Waals surface area (Å²) in [4.78, 5) is 43.2. The molecule has 0 spiro atoms. The Morgan fingerprint density at radius 1 is 0.907 bits per heavy atom. The van der Waals surface area contributed by atoms with Gasteiger partial charge in [0, 0.05) is 43.0 Å². The molecule has 3 aromatic rings. The fourth-order valence-corrected chi connectivity index (χ4v) is 8.35. The molecule has 3 aliphatic carbocycles. The van der Waals surface area contributed by atoms with Gasteiger partial charge in [0.1, 0.15) is 17.5 Å². The first-order valence-corrected chi connectivity index (χ1v) is 20.0. The summed E-state index contributed by atoms with van der Waals surface area (Å²) >= 11 is 0. The molecule has 2 heterocycles. The molecule has 1 aromatic heterocycles. The fourth-order valence-electron chi connectivity index (χ4n) is 8.35. The topological polar surface area (TPSA) is 115 Å². The summed E-state index contributed by atoms with van der Waals surface area (Å²) in [6.07, 6.45) is 12.3. The van der Waals surface area contributed by atoms with Crippen molar-refractivity contribution in [2.24, 2.45) is 11.8 Å². The zero-order valence-corrected chi connectivity index (χ0v) is 32.6. The summed E-state index contributed by atoms with van der Waals surface area (Å²) in [5.74, 6) is 1.88. The lowest BCUT2D eigenvalue weighted by atomic mass is 9.78. The number of alkyl carbamates (subject to hydrolysis) is 1. The Kier molecular flexibility index (Phi) is 11.2.